The van der Waals surface area contributed by atoms with Crippen LogP contribution < -0.4 is 5.73 Å². The van der Waals surface area contributed by atoms with Gasteiger partial charge in [-0.3, -0.25) is 0 Å². The minimum atomic E-state index is -0.991. The molecule has 0 radical (unpaired) electrons. The van der Waals surface area contributed by atoms with E-state index in [1.165, 1.54) is 0 Å². The minimum Gasteiger partial charge on any atom is -0.320 e. The molecular formula is C13H8Br2ClF2N. The van der Waals surface area contributed by atoms with Crippen molar-refractivity contribution in [1.82, 2.24) is 0 Å². The fourth-order valence-electron chi connectivity index (χ4n) is 1.70. The van der Waals surface area contributed by atoms with Crippen molar-refractivity contribution in [3.8, 4) is 0 Å². The van der Waals surface area contributed by atoms with E-state index in [0.29, 0.717) is 5.56 Å². The Hall–Kier alpha value is -0.490. The highest BCUT2D eigenvalue weighted by atomic mass is 79.9. The van der Waals surface area contributed by atoms with Gasteiger partial charge in [0.05, 0.1) is 6.04 Å². The molecule has 0 bridgehead atoms. The second kappa shape index (κ2) is 5.87. The summed E-state index contributed by atoms with van der Waals surface area (Å²) >= 11 is 12.6. The average molecular weight is 411 g/mol. The van der Waals surface area contributed by atoms with Crippen molar-refractivity contribution in [3.05, 3.63) is 67.1 Å². The summed E-state index contributed by atoms with van der Waals surface area (Å²) in [6.45, 7) is 0. The number of hydrogen-bond donors (Lipinski definition) is 1. The molecule has 0 heterocycles. The van der Waals surface area contributed by atoms with E-state index in [1.807, 2.05) is 12.1 Å². The summed E-state index contributed by atoms with van der Waals surface area (Å²) in [5.74, 6) is -1.96. The van der Waals surface area contributed by atoms with Crippen LogP contribution in [0.15, 0.2) is 39.3 Å². The van der Waals surface area contributed by atoms with Crippen LogP contribution >= 0.6 is 43.5 Å². The van der Waals surface area contributed by atoms with Crippen molar-refractivity contribution >= 4 is 43.5 Å². The van der Waals surface area contributed by atoms with E-state index < -0.39 is 17.7 Å². The third-order valence-corrected chi connectivity index (χ3v) is 4.21. The fourth-order valence-corrected chi connectivity index (χ4v) is 2.84. The van der Waals surface area contributed by atoms with Crippen LogP contribution in [0.2, 0.25) is 5.02 Å². The van der Waals surface area contributed by atoms with Crippen LogP contribution in [0.3, 0.4) is 0 Å². The first-order valence-corrected chi connectivity index (χ1v) is 7.21. The minimum absolute atomic E-state index is 0.0956. The Labute approximate surface area is 131 Å². The first-order valence-electron chi connectivity index (χ1n) is 5.25. The van der Waals surface area contributed by atoms with Gasteiger partial charge in [0.25, 0.3) is 0 Å². The van der Waals surface area contributed by atoms with E-state index in [4.69, 9.17) is 17.3 Å². The Morgan fingerprint density at radius 1 is 1.00 bits per heavy atom. The highest BCUT2D eigenvalue weighted by molar-refractivity contribution is 9.11. The Morgan fingerprint density at radius 3 is 2.32 bits per heavy atom. The molecule has 2 aromatic rings. The Morgan fingerprint density at radius 2 is 1.63 bits per heavy atom. The number of benzene rings is 2. The fraction of sp³-hybridized carbons (Fsp3) is 0.0769. The molecule has 1 nitrogen and oxygen atoms in total. The topological polar surface area (TPSA) is 26.0 Å². The normalized spacial score (nSPS) is 12.5. The van der Waals surface area contributed by atoms with Gasteiger partial charge in [-0.1, -0.05) is 43.5 Å². The van der Waals surface area contributed by atoms with Crippen LogP contribution in [-0.4, -0.2) is 0 Å². The van der Waals surface area contributed by atoms with Crippen molar-refractivity contribution in [2.45, 2.75) is 6.04 Å². The van der Waals surface area contributed by atoms with Crippen LogP contribution in [0, 0.1) is 11.6 Å². The van der Waals surface area contributed by atoms with E-state index in [1.54, 1.807) is 6.07 Å². The summed E-state index contributed by atoms with van der Waals surface area (Å²) in [4.78, 5) is 0. The summed E-state index contributed by atoms with van der Waals surface area (Å²) in [6.07, 6.45) is 0. The maximum absolute atomic E-state index is 13.3. The molecule has 6 heteroatoms. The summed E-state index contributed by atoms with van der Waals surface area (Å²) in [5.41, 5.74) is 7.14. The molecule has 0 saturated heterocycles. The van der Waals surface area contributed by atoms with Crippen LogP contribution in [0.5, 0.6) is 0 Å². The second-order valence-electron chi connectivity index (χ2n) is 3.93. The average Bonchev–Trinajstić information content (AvgIpc) is 2.36. The highest BCUT2D eigenvalue weighted by Gasteiger charge is 2.18. The van der Waals surface area contributed by atoms with Crippen LogP contribution in [0.4, 0.5) is 8.78 Å². The van der Waals surface area contributed by atoms with Gasteiger partial charge in [-0.2, -0.15) is 0 Å². The summed E-state index contributed by atoms with van der Waals surface area (Å²) in [7, 11) is 0. The molecule has 1 unspecified atom stereocenters. The van der Waals surface area contributed by atoms with Gasteiger partial charge in [0.2, 0.25) is 0 Å². The van der Waals surface area contributed by atoms with E-state index in [0.717, 1.165) is 26.6 Å². The number of nitrogens with two attached hydrogens (primary N) is 1. The third kappa shape index (κ3) is 3.16. The lowest BCUT2D eigenvalue weighted by Crippen LogP contribution is -2.14. The number of rotatable bonds is 2. The van der Waals surface area contributed by atoms with E-state index in [-0.39, 0.29) is 5.02 Å². The van der Waals surface area contributed by atoms with Gasteiger partial charge in [-0.05, 0) is 41.5 Å². The Bertz CT molecular complexity index is 634. The molecule has 2 N–H and O–H groups in total. The van der Waals surface area contributed by atoms with Crippen LogP contribution in [0.1, 0.15) is 17.2 Å². The Balaban J connectivity index is 2.52. The standard InChI is InChI=1S/C13H8Br2ClF2N/c14-6-1-2-9(15)7(3-6)13(19)8-4-11(17)12(18)5-10(8)16/h1-5,13H,19H2. The molecule has 19 heavy (non-hydrogen) atoms. The molecule has 0 aliphatic heterocycles. The third-order valence-electron chi connectivity index (χ3n) is 2.67. The van der Waals surface area contributed by atoms with E-state index in [9.17, 15) is 8.78 Å². The lowest BCUT2D eigenvalue weighted by molar-refractivity contribution is 0.506. The number of hydrogen-bond acceptors (Lipinski definition) is 1. The molecule has 0 fully saturated rings. The quantitative estimate of drug-likeness (QED) is 0.676. The van der Waals surface area contributed by atoms with Gasteiger partial charge in [0.1, 0.15) is 0 Å². The molecule has 0 spiro atoms. The van der Waals surface area contributed by atoms with Gasteiger partial charge in [0, 0.05) is 14.0 Å². The molecule has 0 amide bonds. The second-order valence-corrected chi connectivity index (χ2v) is 6.11. The first-order chi connectivity index (χ1) is 8.90. The largest absolute Gasteiger partial charge is 0.320 e. The molecule has 0 aliphatic rings. The smallest absolute Gasteiger partial charge is 0.160 e. The molecule has 100 valence electrons. The number of halogens is 5. The van der Waals surface area contributed by atoms with Crippen LogP contribution in [0.25, 0.3) is 0 Å². The summed E-state index contributed by atoms with van der Waals surface area (Å²) < 4.78 is 28.0. The van der Waals surface area contributed by atoms with Gasteiger partial charge >= 0.3 is 0 Å². The molecule has 1 atom stereocenters. The lowest BCUT2D eigenvalue weighted by atomic mass is 9.99. The monoisotopic (exact) mass is 409 g/mol. The van der Waals surface area contributed by atoms with Gasteiger partial charge in [-0.15, -0.1) is 0 Å². The molecule has 2 aromatic carbocycles. The maximum atomic E-state index is 13.3. The zero-order valence-electron chi connectivity index (χ0n) is 9.43. The predicted octanol–water partition coefficient (Wildman–Crippen LogP) is 5.19. The van der Waals surface area contributed by atoms with Crippen molar-refractivity contribution in [3.63, 3.8) is 0 Å². The molecule has 0 aliphatic carbocycles. The molecule has 0 aromatic heterocycles. The first kappa shape index (κ1) is 14.9. The SMILES string of the molecule is NC(c1cc(F)c(F)cc1Cl)c1cc(Br)ccc1Br. The Kier molecular flexibility index (Phi) is 4.61. The lowest BCUT2D eigenvalue weighted by Gasteiger charge is -2.16. The molecule has 2 rings (SSSR count). The maximum Gasteiger partial charge on any atom is 0.160 e. The molecule has 0 saturated carbocycles. The van der Waals surface area contributed by atoms with Crippen molar-refractivity contribution in [2.24, 2.45) is 5.73 Å². The van der Waals surface area contributed by atoms with Crippen molar-refractivity contribution < 1.29 is 8.78 Å². The predicted molar refractivity (Wildman–Crippen MR) is 79.2 cm³/mol. The van der Waals surface area contributed by atoms with Crippen molar-refractivity contribution in [2.75, 3.05) is 0 Å². The van der Waals surface area contributed by atoms with Gasteiger partial charge < -0.3 is 5.73 Å². The van der Waals surface area contributed by atoms with Gasteiger partial charge in [0.15, 0.2) is 11.6 Å². The zero-order valence-corrected chi connectivity index (χ0v) is 13.4. The van der Waals surface area contributed by atoms with E-state index >= 15 is 0 Å². The zero-order chi connectivity index (χ0) is 14.2. The summed E-state index contributed by atoms with van der Waals surface area (Å²) in [6, 6.07) is 6.75. The van der Waals surface area contributed by atoms with E-state index in [2.05, 4.69) is 31.9 Å². The highest BCUT2D eigenvalue weighted by Crippen LogP contribution is 2.33. The molecular weight excluding hydrogens is 403 g/mol. The van der Waals surface area contributed by atoms with Crippen molar-refractivity contribution in [1.29, 1.82) is 0 Å². The van der Waals surface area contributed by atoms with Gasteiger partial charge in [-0.25, -0.2) is 8.78 Å². The summed E-state index contributed by atoms with van der Waals surface area (Å²) in [5, 5.41) is 0.0956. The van der Waals surface area contributed by atoms with Crippen LogP contribution in [-0.2, 0) is 0 Å².